The topological polar surface area (TPSA) is 46.9 Å². The van der Waals surface area contributed by atoms with Crippen molar-refractivity contribution in [3.63, 3.8) is 0 Å². The molecule has 0 spiro atoms. The van der Waals surface area contributed by atoms with E-state index in [1.807, 2.05) is 0 Å². The molecule has 0 saturated carbocycles. The zero-order chi connectivity index (χ0) is 12.8. The van der Waals surface area contributed by atoms with Crippen molar-refractivity contribution in [2.45, 2.75) is 26.8 Å². The summed E-state index contributed by atoms with van der Waals surface area (Å²) in [5, 5.41) is 7.34. The van der Waals surface area contributed by atoms with Gasteiger partial charge in [-0.2, -0.15) is 5.10 Å². The number of allylic oxidation sites excluding steroid dienone is 1. The van der Waals surface area contributed by atoms with Crippen LogP contribution in [0.25, 0.3) is 0 Å². The van der Waals surface area contributed by atoms with Gasteiger partial charge in [0.2, 0.25) is 0 Å². The van der Waals surface area contributed by atoms with Crippen LogP contribution in [0.15, 0.2) is 23.6 Å². The molecular weight excluding hydrogens is 238 g/mol. The minimum Gasteiger partial charge on any atom is -0.382 e. The van der Waals surface area contributed by atoms with Crippen molar-refractivity contribution in [1.29, 1.82) is 0 Å². The minimum absolute atomic E-state index is 0.185. The maximum atomic E-state index is 11.8. The van der Waals surface area contributed by atoms with Crippen LogP contribution in [0.2, 0.25) is 5.02 Å². The number of hydrogen-bond acceptors (Lipinski definition) is 3. The normalized spacial score (nSPS) is 12.2. The lowest BCUT2D eigenvalue weighted by molar-refractivity contribution is 0.592. The van der Waals surface area contributed by atoms with E-state index in [0.29, 0.717) is 18.2 Å². The van der Waals surface area contributed by atoms with E-state index in [0.717, 1.165) is 13.0 Å². The number of halogens is 1. The van der Waals surface area contributed by atoms with E-state index < -0.39 is 0 Å². The van der Waals surface area contributed by atoms with E-state index in [-0.39, 0.29) is 10.6 Å². The van der Waals surface area contributed by atoms with Crippen molar-refractivity contribution >= 4 is 17.3 Å². The Morgan fingerprint density at radius 3 is 3.00 bits per heavy atom. The number of nitrogens with one attached hydrogen (secondary N) is 1. The summed E-state index contributed by atoms with van der Waals surface area (Å²) in [5.41, 5.74) is 0.304. The van der Waals surface area contributed by atoms with Crippen LogP contribution in [-0.2, 0) is 6.54 Å². The average molecular weight is 256 g/mol. The summed E-state index contributed by atoms with van der Waals surface area (Å²) in [6.07, 6.45) is 4.26. The Labute approximate surface area is 106 Å². The van der Waals surface area contributed by atoms with E-state index in [2.05, 4.69) is 30.8 Å². The minimum atomic E-state index is -0.291. The van der Waals surface area contributed by atoms with Crippen molar-refractivity contribution in [1.82, 2.24) is 9.78 Å². The second kappa shape index (κ2) is 6.45. The number of hydrogen-bond donors (Lipinski definition) is 1. The Kier molecular flexibility index (Phi) is 5.22. The van der Waals surface area contributed by atoms with E-state index in [9.17, 15) is 4.79 Å². The highest BCUT2D eigenvalue weighted by atomic mass is 35.5. The molecule has 4 nitrogen and oxygen atoms in total. The van der Waals surface area contributed by atoms with Gasteiger partial charge in [0.25, 0.3) is 5.56 Å². The molecule has 0 aliphatic rings. The number of rotatable bonds is 6. The lowest BCUT2D eigenvalue weighted by Crippen LogP contribution is -2.24. The molecule has 0 fully saturated rings. The fourth-order valence-electron chi connectivity index (χ4n) is 1.27. The van der Waals surface area contributed by atoms with Crippen LogP contribution in [0.4, 0.5) is 5.69 Å². The molecule has 0 bridgehead atoms. The van der Waals surface area contributed by atoms with E-state index in [1.165, 1.54) is 4.68 Å². The maximum Gasteiger partial charge on any atom is 0.287 e. The summed E-state index contributed by atoms with van der Waals surface area (Å²) < 4.78 is 1.28. The Balaban J connectivity index is 2.85. The predicted octanol–water partition coefficient (Wildman–Crippen LogP) is 2.54. The SMILES string of the molecule is C=CCn1ncc(NCC(C)CC)c(Cl)c1=O. The first kappa shape index (κ1) is 13.8. The first-order chi connectivity index (χ1) is 8.10. The van der Waals surface area contributed by atoms with Crippen LogP contribution in [-0.4, -0.2) is 16.3 Å². The molecule has 0 aromatic carbocycles. The van der Waals surface area contributed by atoms with Crippen LogP contribution in [0, 0.1) is 5.92 Å². The standard InChI is InChI=1S/C12H18ClN3O/c1-4-6-16-12(17)11(13)10(8-15-16)14-7-9(3)5-2/h4,8-9,14H,1,5-7H2,2-3H3. The quantitative estimate of drug-likeness (QED) is 0.795. The van der Waals surface area contributed by atoms with Crippen molar-refractivity contribution in [2.24, 2.45) is 5.92 Å². The molecule has 1 heterocycles. The van der Waals surface area contributed by atoms with Gasteiger partial charge in [0.05, 0.1) is 18.4 Å². The molecule has 0 radical (unpaired) electrons. The van der Waals surface area contributed by atoms with Crippen molar-refractivity contribution in [3.05, 3.63) is 34.2 Å². The zero-order valence-corrected chi connectivity index (χ0v) is 11.0. The predicted molar refractivity (Wildman–Crippen MR) is 71.6 cm³/mol. The molecule has 5 heteroatoms. The first-order valence-corrected chi connectivity index (χ1v) is 6.08. The Morgan fingerprint density at radius 2 is 2.41 bits per heavy atom. The van der Waals surface area contributed by atoms with Gasteiger partial charge in [0.15, 0.2) is 0 Å². The molecule has 1 unspecified atom stereocenters. The highest BCUT2D eigenvalue weighted by molar-refractivity contribution is 6.32. The van der Waals surface area contributed by atoms with Gasteiger partial charge >= 0.3 is 0 Å². The number of aromatic nitrogens is 2. The van der Waals surface area contributed by atoms with Gasteiger partial charge < -0.3 is 5.32 Å². The molecule has 0 saturated heterocycles. The van der Waals surface area contributed by atoms with Crippen LogP contribution in [0.1, 0.15) is 20.3 Å². The van der Waals surface area contributed by atoms with Crippen LogP contribution >= 0.6 is 11.6 Å². The van der Waals surface area contributed by atoms with Gasteiger partial charge in [0, 0.05) is 6.54 Å². The van der Waals surface area contributed by atoms with Crippen LogP contribution in [0.3, 0.4) is 0 Å². The third-order valence-electron chi connectivity index (χ3n) is 2.62. The van der Waals surface area contributed by atoms with E-state index in [1.54, 1.807) is 12.3 Å². The van der Waals surface area contributed by atoms with Gasteiger partial charge in [-0.05, 0) is 5.92 Å². The summed E-state index contributed by atoms with van der Waals surface area (Å²) in [7, 11) is 0. The summed E-state index contributed by atoms with van der Waals surface area (Å²) >= 11 is 5.99. The zero-order valence-electron chi connectivity index (χ0n) is 10.2. The maximum absolute atomic E-state index is 11.8. The highest BCUT2D eigenvalue weighted by Gasteiger charge is 2.08. The van der Waals surface area contributed by atoms with E-state index >= 15 is 0 Å². The highest BCUT2D eigenvalue weighted by Crippen LogP contribution is 2.16. The van der Waals surface area contributed by atoms with Crippen molar-refractivity contribution in [3.8, 4) is 0 Å². The first-order valence-electron chi connectivity index (χ1n) is 5.70. The molecule has 0 aliphatic carbocycles. The molecule has 17 heavy (non-hydrogen) atoms. The molecule has 1 rings (SSSR count). The summed E-state index contributed by atoms with van der Waals surface area (Å²) in [4.78, 5) is 11.8. The molecule has 94 valence electrons. The van der Waals surface area contributed by atoms with Crippen molar-refractivity contribution < 1.29 is 0 Å². The van der Waals surface area contributed by atoms with Gasteiger partial charge in [0.1, 0.15) is 5.02 Å². The summed E-state index contributed by atoms with van der Waals surface area (Å²) in [6, 6.07) is 0. The van der Waals surface area contributed by atoms with Crippen LogP contribution < -0.4 is 10.9 Å². The van der Waals surface area contributed by atoms with Crippen LogP contribution in [0.5, 0.6) is 0 Å². The Morgan fingerprint density at radius 1 is 1.71 bits per heavy atom. The molecular formula is C12H18ClN3O. The average Bonchev–Trinajstić information content (AvgIpc) is 2.34. The third-order valence-corrected chi connectivity index (χ3v) is 2.99. The Hall–Kier alpha value is -1.29. The van der Waals surface area contributed by atoms with E-state index in [4.69, 9.17) is 11.6 Å². The van der Waals surface area contributed by atoms with Gasteiger partial charge in [-0.1, -0.05) is 37.9 Å². The van der Waals surface area contributed by atoms with Crippen molar-refractivity contribution in [2.75, 3.05) is 11.9 Å². The molecule has 1 aromatic heterocycles. The molecule has 1 aromatic rings. The lowest BCUT2D eigenvalue weighted by atomic mass is 10.1. The smallest absolute Gasteiger partial charge is 0.287 e. The summed E-state index contributed by atoms with van der Waals surface area (Å²) in [5.74, 6) is 0.529. The third kappa shape index (κ3) is 3.60. The Bertz CT molecular complexity index is 442. The molecule has 1 atom stereocenters. The largest absolute Gasteiger partial charge is 0.382 e. The van der Waals surface area contributed by atoms with Gasteiger partial charge in [-0.3, -0.25) is 4.79 Å². The second-order valence-electron chi connectivity index (χ2n) is 4.04. The fourth-order valence-corrected chi connectivity index (χ4v) is 1.48. The van der Waals surface area contributed by atoms with Gasteiger partial charge in [-0.25, -0.2) is 4.68 Å². The fraction of sp³-hybridized carbons (Fsp3) is 0.500. The molecule has 1 N–H and O–H groups in total. The number of anilines is 1. The molecule has 0 aliphatic heterocycles. The van der Waals surface area contributed by atoms with Gasteiger partial charge in [-0.15, -0.1) is 6.58 Å². The monoisotopic (exact) mass is 255 g/mol. The molecule has 0 amide bonds. The second-order valence-corrected chi connectivity index (χ2v) is 4.42. The lowest BCUT2D eigenvalue weighted by Gasteiger charge is -2.12. The number of nitrogens with zero attached hydrogens (tertiary/aromatic N) is 2. The summed E-state index contributed by atoms with van der Waals surface area (Å²) in [6.45, 7) is 8.96.